The number of carbonyl (C=O) groups excluding carboxylic acids is 1. The maximum atomic E-state index is 11.8. The average Bonchev–Trinajstić information content (AvgIpc) is 2.82. The van der Waals surface area contributed by atoms with E-state index in [9.17, 15) is 9.59 Å². The summed E-state index contributed by atoms with van der Waals surface area (Å²) in [5, 5.41) is 11.8. The number of hydrogen-bond acceptors (Lipinski definition) is 3. The first-order valence-corrected chi connectivity index (χ1v) is 7.20. The molecular weight excluding hydrogens is 246 g/mol. The van der Waals surface area contributed by atoms with Crippen LogP contribution in [0, 0.1) is 5.41 Å². The first kappa shape index (κ1) is 14.3. The molecule has 5 heteroatoms. The summed E-state index contributed by atoms with van der Waals surface area (Å²) in [6, 6.07) is 0. The summed E-state index contributed by atoms with van der Waals surface area (Å²) in [6.07, 6.45) is 6.69. The van der Waals surface area contributed by atoms with Crippen LogP contribution in [-0.4, -0.2) is 36.2 Å². The second kappa shape index (κ2) is 6.37. The smallest absolute Gasteiger partial charge is 0.303 e. The van der Waals surface area contributed by atoms with Crippen molar-refractivity contribution in [1.82, 2.24) is 5.32 Å². The molecule has 1 amide bonds. The Balaban J connectivity index is 1.65. The van der Waals surface area contributed by atoms with Gasteiger partial charge in [-0.25, -0.2) is 0 Å². The molecule has 1 unspecified atom stereocenters. The minimum Gasteiger partial charge on any atom is -0.481 e. The standard InChI is InChI=1S/C14H23NO4/c16-12(5-4-11-3-1-8-19-11)15-10-14(6-2-7-14)9-13(17)18/h11H,1-10H2,(H,15,16)(H,17,18). The van der Waals surface area contributed by atoms with Gasteiger partial charge >= 0.3 is 5.97 Å². The van der Waals surface area contributed by atoms with Crippen LogP contribution in [-0.2, 0) is 14.3 Å². The van der Waals surface area contributed by atoms with Crippen LogP contribution in [0.15, 0.2) is 0 Å². The maximum Gasteiger partial charge on any atom is 0.303 e. The van der Waals surface area contributed by atoms with Crippen molar-refractivity contribution in [3.05, 3.63) is 0 Å². The van der Waals surface area contributed by atoms with Crippen molar-refractivity contribution in [2.75, 3.05) is 13.2 Å². The summed E-state index contributed by atoms with van der Waals surface area (Å²) < 4.78 is 5.48. The van der Waals surface area contributed by atoms with E-state index in [2.05, 4.69) is 5.32 Å². The fourth-order valence-electron chi connectivity index (χ4n) is 2.95. The lowest BCUT2D eigenvalue weighted by Gasteiger charge is -2.40. The number of hydrogen-bond donors (Lipinski definition) is 2. The number of ether oxygens (including phenoxy) is 1. The van der Waals surface area contributed by atoms with Gasteiger partial charge in [-0.2, -0.15) is 0 Å². The SMILES string of the molecule is O=C(O)CC1(CNC(=O)CCC2CCCO2)CCC1. The number of rotatable bonds is 7. The highest BCUT2D eigenvalue weighted by Crippen LogP contribution is 2.43. The Bertz CT molecular complexity index is 332. The molecule has 2 fully saturated rings. The quantitative estimate of drug-likeness (QED) is 0.737. The highest BCUT2D eigenvalue weighted by Gasteiger charge is 2.39. The summed E-state index contributed by atoms with van der Waals surface area (Å²) in [5.41, 5.74) is -0.189. The first-order valence-electron chi connectivity index (χ1n) is 7.20. The zero-order valence-electron chi connectivity index (χ0n) is 11.3. The Hall–Kier alpha value is -1.10. The van der Waals surface area contributed by atoms with E-state index >= 15 is 0 Å². The van der Waals surface area contributed by atoms with E-state index in [4.69, 9.17) is 9.84 Å². The van der Waals surface area contributed by atoms with E-state index < -0.39 is 5.97 Å². The van der Waals surface area contributed by atoms with E-state index in [1.54, 1.807) is 0 Å². The average molecular weight is 269 g/mol. The fraction of sp³-hybridized carbons (Fsp3) is 0.857. The van der Waals surface area contributed by atoms with E-state index in [1.165, 1.54) is 0 Å². The first-order chi connectivity index (χ1) is 9.10. The van der Waals surface area contributed by atoms with Crippen molar-refractivity contribution in [2.24, 2.45) is 5.41 Å². The molecule has 1 heterocycles. The largest absolute Gasteiger partial charge is 0.481 e. The van der Waals surface area contributed by atoms with Crippen molar-refractivity contribution >= 4 is 11.9 Å². The molecular formula is C14H23NO4. The second-order valence-corrected chi connectivity index (χ2v) is 5.87. The summed E-state index contributed by atoms with van der Waals surface area (Å²) in [5.74, 6) is -0.750. The molecule has 1 aliphatic heterocycles. The molecule has 2 rings (SSSR count). The van der Waals surface area contributed by atoms with Gasteiger partial charge in [-0.3, -0.25) is 9.59 Å². The number of amides is 1. The molecule has 2 aliphatic rings. The van der Waals surface area contributed by atoms with Gasteiger partial charge in [-0.15, -0.1) is 0 Å². The molecule has 108 valence electrons. The predicted octanol–water partition coefficient (Wildman–Crippen LogP) is 1.71. The summed E-state index contributed by atoms with van der Waals surface area (Å²) in [7, 11) is 0. The molecule has 19 heavy (non-hydrogen) atoms. The highest BCUT2D eigenvalue weighted by molar-refractivity contribution is 5.76. The van der Waals surface area contributed by atoms with Crippen LogP contribution in [0.4, 0.5) is 0 Å². The topological polar surface area (TPSA) is 75.6 Å². The molecule has 2 N–H and O–H groups in total. The fourth-order valence-corrected chi connectivity index (χ4v) is 2.95. The lowest BCUT2D eigenvalue weighted by molar-refractivity contribution is -0.141. The molecule has 1 saturated heterocycles. The molecule has 0 radical (unpaired) electrons. The number of carbonyl (C=O) groups is 2. The minimum atomic E-state index is -0.770. The van der Waals surface area contributed by atoms with E-state index in [-0.39, 0.29) is 23.8 Å². The van der Waals surface area contributed by atoms with Gasteiger partial charge in [0.15, 0.2) is 0 Å². The van der Waals surface area contributed by atoms with Gasteiger partial charge in [-0.1, -0.05) is 6.42 Å². The molecule has 1 saturated carbocycles. The lowest BCUT2D eigenvalue weighted by atomic mass is 9.66. The summed E-state index contributed by atoms with van der Waals surface area (Å²) in [6.45, 7) is 1.32. The zero-order chi connectivity index (χ0) is 13.7. The van der Waals surface area contributed by atoms with E-state index in [0.717, 1.165) is 45.1 Å². The van der Waals surface area contributed by atoms with E-state index in [1.807, 2.05) is 0 Å². The van der Waals surface area contributed by atoms with Crippen molar-refractivity contribution in [3.63, 3.8) is 0 Å². The third-order valence-corrected chi connectivity index (χ3v) is 4.32. The van der Waals surface area contributed by atoms with Crippen LogP contribution in [0.2, 0.25) is 0 Å². The predicted molar refractivity (Wildman–Crippen MR) is 69.8 cm³/mol. The van der Waals surface area contributed by atoms with Gasteiger partial charge in [0.05, 0.1) is 12.5 Å². The summed E-state index contributed by atoms with van der Waals surface area (Å²) in [4.78, 5) is 22.6. The molecule has 5 nitrogen and oxygen atoms in total. The van der Waals surface area contributed by atoms with Gasteiger partial charge in [0.25, 0.3) is 0 Å². The molecule has 0 spiro atoms. The molecule has 0 bridgehead atoms. The second-order valence-electron chi connectivity index (χ2n) is 5.87. The number of nitrogens with one attached hydrogen (secondary N) is 1. The molecule has 0 aromatic rings. The zero-order valence-corrected chi connectivity index (χ0v) is 11.3. The van der Waals surface area contributed by atoms with Crippen LogP contribution in [0.5, 0.6) is 0 Å². The van der Waals surface area contributed by atoms with Crippen LogP contribution in [0.3, 0.4) is 0 Å². The number of aliphatic carboxylic acids is 1. The number of carboxylic acids is 1. The summed E-state index contributed by atoms with van der Waals surface area (Å²) >= 11 is 0. The van der Waals surface area contributed by atoms with Crippen molar-refractivity contribution in [1.29, 1.82) is 0 Å². The Morgan fingerprint density at radius 2 is 2.11 bits per heavy atom. The maximum absolute atomic E-state index is 11.8. The van der Waals surface area contributed by atoms with Crippen molar-refractivity contribution in [2.45, 2.75) is 57.5 Å². The van der Waals surface area contributed by atoms with Crippen LogP contribution < -0.4 is 5.32 Å². The van der Waals surface area contributed by atoms with Crippen LogP contribution in [0.25, 0.3) is 0 Å². The van der Waals surface area contributed by atoms with Crippen LogP contribution in [0.1, 0.15) is 51.4 Å². The third kappa shape index (κ3) is 4.20. The normalized spacial score (nSPS) is 24.7. The van der Waals surface area contributed by atoms with Gasteiger partial charge < -0.3 is 15.2 Å². The lowest BCUT2D eigenvalue weighted by Crippen LogP contribution is -2.43. The molecule has 0 aromatic carbocycles. The van der Waals surface area contributed by atoms with Crippen molar-refractivity contribution in [3.8, 4) is 0 Å². The monoisotopic (exact) mass is 269 g/mol. The Morgan fingerprint density at radius 3 is 2.63 bits per heavy atom. The molecule has 0 aromatic heterocycles. The molecule has 1 atom stereocenters. The Labute approximate surface area is 113 Å². The Kier molecular flexibility index (Phi) is 4.80. The van der Waals surface area contributed by atoms with Crippen LogP contribution >= 0.6 is 0 Å². The third-order valence-electron chi connectivity index (χ3n) is 4.32. The van der Waals surface area contributed by atoms with Gasteiger partial charge in [0.2, 0.25) is 5.91 Å². The van der Waals surface area contributed by atoms with Gasteiger partial charge in [0.1, 0.15) is 0 Å². The Morgan fingerprint density at radius 1 is 1.32 bits per heavy atom. The minimum absolute atomic E-state index is 0.0205. The number of carboxylic acid groups (broad SMARTS) is 1. The van der Waals surface area contributed by atoms with Crippen molar-refractivity contribution < 1.29 is 19.4 Å². The molecule has 1 aliphatic carbocycles. The van der Waals surface area contributed by atoms with E-state index in [0.29, 0.717) is 13.0 Å². The van der Waals surface area contributed by atoms with Gasteiger partial charge in [-0.05, 0) is 37.5 Å². The highest BCUT2D eigenvalue weighted by atomic mass is 16.5. The van der Waals surface area contributed by atoms with Gasteiger partial charge in [0, 0.05) is 19.6 Å².